The predicted molar refractivity (Wildman–Crippen MR) is 111 cm³/mol. The van der Waals surface area contributed by atoms with E-state index in [1.54, 1.807) is 0 Å². The minimum absolute atomic E-state index is 0.295. The maximum absolute atomic E-state index is 11.6. The molecular weight excluding hydrogens is 376 g/mol. The zero-order chi connectivity index (χ0) is 21.7. The SMILES string of the molecule is CCCCCCCCCCCCCCCC(=O)OCOC(CC(=O)O)CC(=O)O. The Morgan fingerprint density at radius 1 is 0.690 bits per heavy atom. The van der Waals surface area contributed by atoms with Crippen molar-refractivity contribution < 1.29 is 34.1 Å². The van der Waals surface area contributed by atoms with Crippen LogP contribution in [0.1, 0.15) is 110 Å². The summed E-state index contributed by atoms with van der Waals surface area (Å²) in [7, 11) is 0. The van der Waals surface area contributed by atoms with Crippen molar-refractivity contribution in [2.45, 2.75) is 116 Å². The van der Waals surface area contributed by atoms with Gasteiger partial charge in [0.25, 0.3) is 0 Å². The number of esters is 1. The maximum Gasteiger partial charge on any atom is 0.307 e. The third-order valence-electron chi connectivity index (χ3n) is 4.81. The van der Waals surface area contributed by atoms with Gasteiger partial charge in [-0.3, -0.25) is 14.4 Å². The third-order valence-corrected chi connectivity index (χ3v) is 4.81. The lowest BCUT2D eigenvalue weighted by atomic mass is 10.0. The number of hydrogen-bond acceptors (Lipinski definition) is 5. The van der Waals surface area contributed by atoms with Crippen LogP contribution in [0.25, 0.3) is 0 Å². The Morgan fingerprint density at radius 2 is 1.10 bits per heavy atom. The Balaban J connectivity index is 3.49. The first-order chi connectivity index (χ1) is 14.0. The monoisotopic (exact) mass is 416 g/mol. The van der Waals surface area contributed by atoms with Gasteiger partial charge in [0.05, 0.1) is 18.9 Å². The first-order valence-electron chi connectivity index (χ1n) is 11.2. The summed E-state index contributed by atoms with van der Waals surface area (Å²) in [6.45, 7) is 1.82. The molecule has 0 aromatic rings. The Labute approximate surface area is 175 Å². The van der Waals surface area contributed by atoms with E-state index in [1.807, 2.05) is 0 Å². The van der Waals surface area contributed by atoms with Crippen molar-refractivity contribution >= 4 is 17.9 Å². The number of carboxylic acids is 2. The second-order valence-electron chi connectivity index (χ2n) is 7.61. The molecule has 0 saturated heterocycles. The van der Waals surface area contributed by atoms with Crippen molar-refractivity contribution in [2.75, 3.05) is 6.79 Å². The fourth-order valence-corrected chi connectivity index (χ4v) is 3.13. The van der Waals surface area contributed by atoms with Crippen molar-refractivity contribution in [1.29, 1.82) is 0 Å². The molecule has 0 saturated carbocycles. The van der Waals surface area contributed by atoms with E-state index in [0.29, 0.717) is 6.42 Å². The summed E-state index contributed by atoms with van der Waals surface area (Å²) in [6.07, 6.45) is 14.4. The van der Waals surface area contributed by atoms with Gasteiger partial charge in [-0.1, -0.05) is 84.0 Å². The largest absolute Gasteiger partial charge is 0.481 e. The van der Waals surface area contributed by atoms with Crippen LogP contribution in [0.2, 0.25) is 0 Å². The molecule has 2 N–H and O–H groups in total. The number of carbonyl (C=O) groups excluding carboxylic acids is 1. The molecule has 0 aromatic heterocycles. The lowest BCUT2D eigenvalue weighted by Gasteiger charge is -2.14. The van der Waals surface area contributed by atoms with Crippen molar-refractivity contribution in [3.63, 3.8) is 0 Å². The highest BCUT2D eigenvalue weighted by Gasteiger charge is 2.18. The number of rotatable bonds is 21. The van der Waals surface area contributed by atoms with Crippen molar-refractivity contribution in [1.82, 2.24) is 0 Å². The number of hydrogen-bond donors (Lipinski definition) is 2. The van der Waals surface area contributed by atoms with E-state index in [-0.39, 0.29) is 0 Å². The zero-order valence-electron chi connectivity index (χ0n) is 18.0. The molecule has 170 valence electrons. The van der Waals surface area contributed by atoms with E-state index >= 15 is 0 Å². The van der Waals surface area contributed by atoms with Gasteiger partial charge in [0.15, 0.2) is 6.79 Å². The number of ether oxygens (including phenoxy) is 2. The fraction of sp³-hybridized carbons (Fsp3) is 0.864. The average Bonchev–Trinajstić information content (AvgIpc) is 2.64. The Kier molecular flexibility index (Phi) is 18.6. The van der Waals surface area contributed by atoms with Crippen LogP contribution in [0.15, 0.2) is 0 Å². The van der Waals surface area contributed by atoms with E-state index in [1.165, 1.54) is 64.2 Å². The Morgan fingerprint density at radius 3 is 1.52 bits per heavy atom. The zero-order valence-corrected chi connectivity index (χ0v) is 18.0. The van der Waals surface area contributed by atoms with Crippen molar-refractivity contribution in [3.8, 4) is 0 Å². The van der Waals surface area contributed by atoms with Gasteiger partial charge in [0.1, 0.15) is 0 Å². The van der Waals surface area contributed by atoms with Crippen molar-refractivity contribution in [2.24, 2.45) is 0 Å². The molecule has 29 heavy (non-hydrogen) atoms. The molecule has 0 unspecified atom stereocenters. The minimum Gasteiger partial charge on any atom is -0.481 e. The van der Waals surface area contributed by atoms with Gasteiger partial charge in [-0.15, -0.1) is 0 Å². The molecule has 0 fully saturated rings. The van der Waals surface area contributed by atoms with Gasteiger partial charge < -0.3 is 19.7 Å². The summed E-state index contributed by atoms with van der Waals surface area (Å²) in [4.78, 5) is 32.9. The molecule has 0 aliphatic carbocycles. The molecule has 7 nitrogen and oxygen atoms in total. The van der Waals surface area contributed by atoms with Crippen molar-refractivity contribution in [3.05, 3.63) is 0 Å². The highest BCUT2D eigenvalue weighted by Crippen LogP contribution is 2.13. The van der Waals surface area contributed by atoms with Crippen LogP contribution in [0, 0.1) is 0 Å². The maximum atomic E-state index is 11.6. The Bertz CT molecular complexity index is 421. The van der Waals surface area contributed by atoms with E-state index in [9.17, 15) is 14.4 Å². The highest BCUT2D eigenvalue weighted by atomic mass is 16.7. The second-order valence-corrected chi connectivity index (χ2v) is 7.61. The summed E-state index contributed by atoms with van der Waals surface area (Å²) < 4.78 is 9.94. The summed E-state index contributed by atoms with van der Waals surface area (Å²) in [5.41, 5.74) is 0. The third kappa shape index (κ3) is 20.9. The van der Waals surface area contributed by atoms with Gasteiger partial charge >= 0.3 is 17.9 Å². The quantitative estimate of drug-likeness (QED) is 0.148. The number of aliphatic carboxylic acids is 2. The van der Waals surface area contributed by atoms with E-state index < -0.39 is 43.6 Å². The molecule has 0 radical (unpaired) electrons. The summed E-state index contributed by atoms with van der Waals surface area (Å²) in [5, 5.41) is 17.4. The van der Waals surface area contributed by atoms with Crippen LogP contribution in [-0.4, -0.2) is 41.0 Å². The number of carboxylic acid groups (broad SMARTS) is 2. The summed E-state index contributed by atoms with van der Waals surface area (Å²) >= 11 is 0. The average molecular weight is 417 g/mol. The molecule has 0 aliphatic rings. The summed E-state index contributed by atoms with van der Waals surface area (Å²) in [5.74, 6) is -2.72. The van der Waals surface area contributed by atoms with E-state index in [0.717, 1.165) is 19.3 Å². The standard InChI is InChI=1S/C22H40O7/c1-2-3-4-5-6-7-8-9-10-11-12-13-14-15-22(27)29-18-28-19(16-20(23)24)17-21(25)26/h19H,2-18H2,1H3,(H,23,24)(H,25,26). The molecule has 0 atom stereocenters. The first-order valence-corrected chi connectivity index (χ1v) is 11.2. The smallest absolute Gasteiger partial charge is 0.307 e. The normalized spacial score (nSPS) is 11.0. The molecular formula is C22H40O7. The van der Waals surface area contributed by atoms with Crippen LogP contribution in [0.4, 0.5) is 0 Å². The number of carbonyl (C=O) groups is 3. The van der Waals surface area contributed by atoms with Crippen LogP contribution in [0.5, 0.6) is 0 Å². The summed E-state index contributed by atoms with van der Waals surface area (Å²) in [6, 6.07) is 0. The molecule has 0 bridgehead atoms. The minimum atomic E-state index is -1.16. The molecule has 0 rings (SSSR count). The van der Waals surface area contributed by atoms with E-state index in [4.69, 9.17) is 19.7 Å². The second kappa shape index (κ2) is 19.7. The lowest BCUT2D eigenvalue weighted by molar-refractivity contribution is -0.165. The molecule has 0 aliphatic heterocycles. The molecule has 7 heteroatoms. The first kappa shape index (κ1) is 27.4. The van der Waals surface area contributed by atoms with Gasteiger partial charge in [0, 0.05) is 6.42 Å². The fourth-order valence-electron chi connectivity index (χ4n) is 3.13. The van der Waals surface area contributed by atoms with Crippen LogP contribution in [0.3, 0.4) is 0 Å². The predicted octanol–water partition coefficient (Wildman–Crippen LogP) is 5.30. The molecule has 0 heterocycles. The molecule has 0 amide bonds. The van der Waals surface area contributed by atoms with E-state index in [2.05, 4.69) is 6.92 Å². The van der Waals surface area contributed by atoms with Gasteiger partial charge in [0.2, 0.25) is 0 Å². The van der Waals surface area contributed by atoms with Crippen LogP contribution >= 0.6 is 0 Å². The van der Waals surface area contributed by atoms with Crippen LogP contribution in [-0.2, 0) is 23.9 Å². The Hall–Kier alpha value is -1.63. The van der Waals surface area contributed by atoms with Crippen LogP contribution < -0.4 is 0 Å². The molecule has 0 aromatic carbocycles. The van der Waals surface area contributed by atoms with Gasteiger partial charge in [-0.2, -0.15) is 0 Å². The number of unbranched alkanes of at least 4 members (excludes halogenated alkanes) is 12. The molecule has 0 spiro atoms. The van der Waals surface area contributed by atoms with Gasteiger partial charge in [-0.25, -0.2) is 0 Å². The van der Waals surface area contributed by atoms with Gasteiger partial charge in [-0.05, 0) is 6.42 Å². The topological polar surface area (TPSA) is 110 Å². The lowest BCUT2D eigenvalue weighted by Crippen LogP contribution is -2.23. The highest BCUT2D eigenvalue weighted by molar-refractivity contribution is 5.71.